The highest BCUT2D eigenvalue weighted by Crippen LogP contribution is 2.26. The van der Waals surface area contributed by atoms with Crippen LogP contribution in [0, 0.1) is 5.82 Å². The third-order valence-corrected chi connectivity index (χ3v) is 5.70. The normalized spacial score (nSPS) is 11.2. The number of benzene rings is 2. The van der Waals surface area contributed by atoms with Crippen LogP contribution >= 0.6 is 0 Å². The predicted octanol–water partition coefficient (Wildman–Crippen LogP) is 4.47. The van der Waals surface area contributed by atoms with E-state index in [4.69, 9.17) is 4.42 Å². The van der Waals surface area contributed by atoms with E-state index in [2.05, 4.69) is 37.6 Å². The van der Waals surface area contributed by atoms with Crippen molar-refractivity contribution in [3.63, 3.8) is 0 Å². The highest BCUT2D eigenvalue weighted by Gasteiger charge is 2.18. The van der Waals surface area contributed by atoms with Crippen molar-refractivity contribution in [3.05, 3.63) is 65.9 Å². The fourth-order valence-electron chi connectivity index (χ4n) is 3.77. The number of carbonyl (C=O) groups is 1. The lowest BCUT2D eigenvalue weighted by Gasteiger charge is -2.25. The summed E-state index contributed by atoms with van der Waals surface area (Å²) < 4.78 is 46.5. The summed E-state index contributed by atoms with van der Waals surface area (Å²) in [4.78, 5) is 12.8. The van der Waals surface area contributed by atoms with E-state index in [-0.39, 0.29) is 18.0 Å². The van der Waals surface area contributed by atoms with Gasteiger partial charge in [0.15, 0.2) is 0 Å². The van der Waals surface area contributed by atoms with Gasteiger partial charge < -0.3 is 14.6 Å². The largest absolute Gasteiger partial charge is 0.415 e. The number of rotatable bonds is 13. The molecule has 9 nitrogen and oxygen atoms in total. The number of aromatic nitrogens is 5. The summed E-state index contributed by atoms with van der Waals surface area (Å²) in [7, 11) is 0. The van der Waals surface area contributed by atoms with Crippen LogP contribution in [0.4, 0.5) is 18.9 Å². The van der Waals surface area contributed by atoms with Gasteiger partial charge in [-0.05, 0) is 30.7 Å². The summed E-state index contributed by atoms with van der Waals surface area (Å²) in [6.45, 7) is 4.32. The Kier molecular flexibility index (Phi) is 8.49. The van der Waals surface area contributed by atoms with E-state index in [1.807, 2.05) is 24.3 Å². The van der Waals surface area contributed by atoms with Crippen molar-refractivity contribution in [2.24, 2.45) is 0 Å². The van der Waals surface area contributed by atoms with Gasteiger partial charge >= 0.3 is 6.43 Å². The van der Waals surface area contributed by atoms with E-state index >= 15 is 0 Å². The van der Waals surface area contributed by atoms with E-state index in [0.717, 1.165) is 36.7 Å². The van der Waals surface area contributed by atoms with Gasteiger partial charge in [0.25, 0.3) is 5.89 Å². The van der Waals surface area contributed by atoms with Crippen molar-refractivity contribution in [1.29, 1.82) is 0 Å². The quantitative estimate of drug-likeness (QED) is 0.208. The Morgan fingerprint density at radius 2 is 1.97 bits per heavy atom. The van der Waals surface area contributed by atoms with Crippen molar-refractivity contribution in [3.8, 4) is 22.7 Å². The first-order chi connectivity index (χ1) is 18.0. The summed E-state index contributed by atoms with van der Waals surface area (Å²) in [5.41, 5.74) is 3.02. The lowest BCUT2D eigenvalue weighted by Crippen LogP contribution is -2.32. The van der Waals surface area contributed by atoms with Gasteiger partial charge in [0.1, 0.15) is 11.5 Å². The Morgan fingerprint density at radius 1 is 1.11 bits per heavy atom. The maximum absolute atomic E-state index is 14.8. The van der Waals surface area contributed by atoms with Crippen LogP contribution in [-0.2, 0) is 11.3 Å². The predicted molar refractivity (Wildman–Crippen MR) is 130 cm³/mol. The Bertz CT molecular complexity index is 1330. The Balaban J connectivity index is 1.48. The number of nitrogens with zero attached hydrogens (tertiary/aromatic N) is 6. The van der Waals surface area contributed by atoms with Crippen molar-refractivity contribution < 1.29 is 22.4 Å². The van der Waals surface area contributed by atoms with Crippen LogP contribution in [0.3, 0.4) is 0 Å². The van der Waals surface area contributed by atoms with Gasteiger partial charge in [0.05, 0.1) is 12.7 Å². The number of hydrogen-bond donors (Lipinski definition) is 1. The maximum Gasteiger partial charge on any atom is 0.314 e. The van der Waals surface area contributed by atoms with E-state index < -0.39 is 18.1 Å². The van der Waals surface area contributed by atoms with Gasteiger partial charge in [-0.25, -0.2) is 9.07 Å². The lowest BCUT2D eigenvalue weighted by molar-refractivity contribution is -0.109. The average Bonchev–Trinajstić information content (AvgIpc) is 3.58. The number of unbranched alkanes of at least 4 members (excludes halogenated alkanes) is 1. The number of nitrogens with one attached hydrogen (secondary N) is 1. The van der Waals surface area contributed by atoms with E-state index in [1.165, 1.54) is 16.8 Å². The Morgan fingerprint density at radius 3 is 2.70 bits per heavy atom. The number of amides is 1. The smallest absolute Gasteiger partial charge is 0.314 e. The van der Waals surface area contributed by atoms with Crippen LogP contribution in [-0.4, -0.2) is 51.2 Å². The van der Waals surface area contributed by atoms with E-state index in [0.29, 0.717) is 30.8 Å². The van der Waals surface area contributed by atoms with Crippen molar-refractivity contribution >= 4 is 12.1 Å². The second-order valence-corrected chi connectivity index (χ2v) is 8.32. The first kappa shape index (κ1) is 25.9. The molecule has 0 saturated carbocycles. The molecule has 0 unspecified atom stereocenters. The fraction of sp³-hybridized carbons (Fsp3) is 0.320. The molecule has 1 N–H and O–H groups in total. The number of carbonyl (C=O) groups excluding carboxylic acids is 1. The monoisotopic (exact) mass is 513 g/mol. The van der Waals surface area contributed by atoms with Gasteiger partial charge in [-0.2, -0.15) is 8.78 Å². The first-order valence-electron chi connectivity index (χ1n) is 11.8. The molecule has 2 heterocycles. The second kappa shape index (κ2) is 12.2. The van der Waals surface area contributed by atoms with Gasteiger partial charge in [-0.15, -0.1) is 15.3 Å². The summed E-state index contributed by atoms with van der Waals surface area (Å²) >= 11 is 0. The maximum atomic E-state index is 14.8. The number of anilines is 1. The molecule has 4 rings (SSSR count). The van der Waals surface area contributed by atoms with Crippen LogP contribution in [0.15, 0.2) is 53.1 Å². The van der Waals surface area contributed by atoms with Crippen molar-refractivity contribution in [1.82, 2.24) is 30.5 Å². The standard InChI is InChI=1S/C25H26F3N7O2/c1-2-3-10-34(11-9-29-16-36)20-6-4-5-17(12-20)22-15-35(33-30-22)14-19-8-7-18(13-21(19)26)24-31-32-25(37-24)23(27)28/h4-8,12-13,15-16,23H,2-3,9-11,14H2,1H3,(H,29,36). The SMILES string of the molecule is CCCCN(CCNC=O)c1cccc(-c2cn(Cc3ccc(-c4nnc(C(F)F)o4)cc3F)nn2)c1. The molecular formula is C25H26F3N7O2. The zero-order valence-electron chi connectivity index (χ0n) is 20.1. The molecule has 0 radical (unpaired) electrons. The number of hydrogen-bond acceptors (Lipinski definition) is 7. The minimum absolute atomic E-state index is 0.116. The van der Waals surface area contributed by atoms with Crippen LogP contribution < -0.4 is 10.2 Å². The zero-order valence-corrected chi connectivity index (χ0v) is 20.1. The van der Waals surface area contributed by atoms with Crippen molar-refractivity contribution in [2.75, 3.05) is 24.5 Å². The third kappa shape index (κ3) is 6.51. The molecule has 0 spiro atoms. The van der Waals surface area contributed by atoms with Crippen molar-refractivity contribution in [2.45, 2.75) is 32.7 Å². The number of halogens is 3. The molecule has 0 saturated heterocycles. The fourth-order valence-corrected chi connectivity index (χ4v) is 3.77. The summed E-state index contributed by atoms with van der Waals surface area (Å²) in [6.07, 6.45) is 1.59. The van der Waals surface area contributed by atoms with Gasteiger partial charge in [-0.3, -0.25) is 4.79 Å². The molecule has 0 aliphatic rings. The molecule has 1 amide bonds. The molecule has 0 aliphatic heterocycles. The van der Waals surface area contributed by atoms with Gasteiger partial charge in [0.2, 0.25) is 12.3 Å². The molecule has 0 atom stereocenters. The van der Waals surface area contributed by atoms with E-state index in [9.17, 15) is 18.0 Å². The number of alkyl halides is 2. The summed E-state index contributed by atoms with van der Waals surface area (Å²) in [5, 5.41) is 17.9. The highest BCUT2D eigenvalue weighted by atomic mass is 19.3. The molecule has 194 valence electrons. The summed E-state index contributed by atoms with van der Waals surface area (Å²) in [5.74, 6) is -1.56. The molecule has 2 aromatic heterocycles. The van der Waals surface area contributed by atoms with E-state index in [1.54, 1.807) is 6.20 Å². The third-order valence-electron chi connectivity index (χ3n) is 5.70. The molecule has 0 bridgehead atoms. The molecule has 2 aromatic carbocycles. The van der Waals surface area contributed by atoms with Gasteiger partial charge in [-0.1, -0.05) is 36.8 Å². The molecule has 0 aliphatic carbocycles. The molecule has 0 fully saturated rings. The highest BCUT2D eigenvalue weighted by molar-refractivity contribution is 5.65. The zero-order chi connectivity index (χ0) is 26.2. The van der Waals surface area contributed by atoms with Crippen LogP contribution in [0.1, 0.15) is 37.6 Å². The first-order valence-corrected chi connectivity index (χ1v) is 11.8. The summed E-state index contributed by atoms with van der Waals surface area (Å²) in [6, 6.07) is 12.1. The molecule has 12 heteroatoms. The Labute approximate surface area is 211 Å². The molecule has 37 heavy (non-hydrogen) atoms. The Hall–Kier alpha value is -4.22. The molecule has 4 aromatic rings. The molecular weight excluding hydrogens is 487 g/mol. The van der Waals surface area contributed by atoms with Gasteiger partial charge in [0, 0.05) is 42.0 Å². The topological polar surface area (TPSA) is 102 Å². The van der Waals surface area contributed by atoms with Crippen LogP contribution in [0.5, 0.6) is 0 Å². The van der Waals surface area contributed by atoms with Crippen LogP contribution in [0.2, 0.25) is 0 Å². The minimum atomic E-state index is -2.90. The average molecular weight is 514 g/mol. The minimum Gasteiger partial charge on any atom is -0.415 e. The lowest BCUT2D eigenvalue weighted by atomic mass is 10.1. The second-order valence-electron chi connectivity index (χ2n) is 8.32. The van der Waals surface area contributed by atoms with Crippen LogP contribution in [0.25, 0.3) is 22.7 Å².